The van der Waals surface area contributed by atoms with Crippen LogP contribution in [-0.4, -0.2) is 17.0 Å². The monoisotopic (exact) mass is 282 g/mol. The molecule has 2 rings (SSSR count). The molecule has 20 heavy (non-hydrogen) atoms. The highest BCUT2D eigenvalue weighted by Gasteiger charge is 2.21. The number of hydrogen-bond donors (Lipinski definition) is 0. The molecule has 2 aromatic rings. The number of hydrogen-bond acceptors (Lipinski definition) is 4. The number of carbonyl (C=O) groups excluding carboxylic acids is 1. The number of aromatic nitrogens is 1. The van der Waals surface area contributed by atoms with Crippen molar-refractivity contribution >= 4 is 17.5 Å². The van der Waals surface area contributed by atoms with Gasteiger partial charge in [0.05, 0.1) is 11.3 Å². The van der Waals surface area contributed by atoms with Gasteiger partial charge in [-0.2, -0.15) is 5.26 Å². The minimum Gasteiger partial charge on any atom is -0.294 e. The van der Waals surface area contributed by atoms with Gasteiger partial charge in [0.2, 0.25) is 0 Å². The first-order valence-corrected chi connectivity index (χ1v) is 7.37. The molecule has 0 saturated heterocycles. The number of Topliss-reactive ketones (excluding diaryl/α,β-unsaturated/α-hetero) is 1. The Labute approximate surface area is 122 Å². The first-order valence-electron chi connectivity index (χ1n) is 6.15. The van der Waals surface area contributed by atoms with Gasteiger partial charge < -0.3 is 0 Å². The van der Waals surface area contributed by atoms with Gasteiger partial charge in [-0.15, -0.1) is 11.8 Å². The zero-order chi connectivity index (χ0) is 14.7. The van der Waals surface area contributed by atoms with E-state index < -0.39 is 0 Å². The largest absolute Gasteiger partial charge is 0.294 e. The molecule has 0 fully saturated rings. The lowest BCUT2D eigenvalue weighted by atomic mass is 9.93. The molecular weight excluding hydrogens is 268 g/mol. The summed E-state index contributed by atoms with van der Waals surface area (Å²) in [6.45, 7) is 3.32. The lowest BCUT2D eigenvalue weighted by Crippen LogP contribution is -2.06. The van der Waals surface area contributed by atoms with Gasteiger partial charge in [-0.05, 0) is 25.7 Å². The summed E-state index contributed by atoms with van der Waals surface area (Å²) in [5, 5.41) is 10.1. The highest BCUT2D eigenvalue weighted by molar-refractivity contribution is 7.98. The fourth-order valence-corrected chi connectivity index (χ4v) is 2.83. The van der Waals surface area contributed by atoms with Crippen LogP contribution >= 0.6 is 11.8 Å². The number of thioether (sulfide) groups is 1. The highest BCUT2D eigenvalue weighted by atomic mass is 32.2. The molecule has 4 heteroatoms. The van der Waals surface area contributed by atoms with Gasteiger partial charge in [-0.1, -0.05) is 30.3 Å². The Morgan fingerprint density at radius 3 is 2.45 bits per heavy atom. The molecule has 0 spiro atoms. The number of benzene rings is 1. The molecule has 0 radical (unpaired) electrons. The lowest BCUT2D eigenvalue weighted by Gasteiger charge is -2.14. The zero-order valence-corrected chi connectivity index (χ0v) is 12.4. The molecule has 0 aliphatic rings. The molecule has 0 amide bonds. The van der Waals surface area contributed by atoms with Crippen LogP contribution in [0.2, 0.25) is 0 Å². The Balaban J connectivity index is 2.91. The average Bonchev–Trinajstić information content (AvgIpc) is 2.46. The molecule has 1 aromatic heterocycles. The van der Waals surface area contributed by atoms with Gasteiger partial charge >= 0.3 is 0 Å². The maximum Gasteiger partial charge on any atom is 0.162 e. The summed E-state index contributed by atoms with van der Waals surface area (Å²) in [6.07, 6.45) is 1.88. The predicted molar refractivity (Wildman–Crippen MR) is 80.9 cm³/mol. The Bertz CT molecular complexity index is 703. The van der Waals surface area contributed by atoms with E-state index in [0.717, 1.165) is 5.56 Å². The standard InChI is InChI=1S/C16H14N2OS/c1-10-14(11(2)19)15(12-7-5-4-6-8-12)13(9-17)16(18-10)20-3/h4-8H,1-3H3. The number of ketones is 1. The molecular formula is C16H14N2OS. The number of nitrogens with zero attached hydrogens (tertiary/aromatic N) is 2. The van der Waals surface area contributed by atoms with Crippen molar-refractivity contribution in [1.82, 2.24) is 4.98 Å². The maximum atomic E-state index is 12.0. The normalized spacial score (nSPS) is 10.1. The number of carbonyl (C=O) groups is 1. The molecule has 3 nitrogen and oxygen atoms in total. The van der Waals surface area contributed by atoms with Crippen molar-refractivity contribution in [3.05, 3.63) is 47.2 Å². The molecule has 0 unspecified atom stereocenters. The SMILES string of the molecule is CSc1nc(C)c(C(C)=O)c(-c2ccccc2)c1C#N. The predicted octanol–water partition coefficient (Wildman–Crippen LogP) is 3.85. The Kier molecular flexibility index (Phi) is 4.21. The third-order valence-electron chi connectivity index (χ3n) is 3.06. The van der Waals surface area contributed by atoms with Gasteiger partial charge in [-0.25, -0.2) is 4.98 Å². The van der Waals surface area contributed by atoms with Crippen molar-refractivity contribution < 1.29 is 4.79 Å². The van der Waals surface area contributed by atoms with E-state index in [1.165, 1.54) is 18.7 Å². The summed E-state index contributed by atoms with van der Waals surface area (Å²) in [7, 11) is 0. The van der Waals surface area contributed by atoms with E-state index in [9.17, 15) is 10.1 Å². The second kappa shape index (κ2) is 5.89. The number of pyridine rings is 1. The van der Waals surface area contributed by atoms with E-state index in [4.69, 9.17) is 0 Å². The number of nitriles is 1. The molecule has 0 aliphatic heterocycles. The first kappa shape index (κ1) is 14.3. The van der Waals surface area contributed by atoms with Crippen molar-refractivity contribution in [3.8, 4) is 17.2 Å². The minimum absolute atomic E-state index is 0.0713. The lowest BCUT2D eigenvalue weighted by molar-refractivity contribution is 0.101. The van der Waals surface area contributed by atoms with E-state index in [1.54, 1.807) is 0 Å². The summed E-state index contributed by atoms with van der Waals surface area (Å²) in [5.41, 5.74) is 3.23. The van der Waals surface area contributed by atoms with Gasteiger partial charge in [0.1, 0.15) is 11.1 Å². The number of rotatable bonds is 3. The molecule has 0 aliphatic carbocycles. The van der Waals surface area contributed by atoms with Crippen LogP contribution in [0.1, 0.15) is 28.5 Å². The van der Waals surface area contributed by atoms with Gasteiger partial charge in [0.25, 0.3) is 0 Å². The van der Waals surface area contributed by atoms with Crippen molar-refractivity contribution in [2.45, 2.75) is 18.9 Å². The zero-order valence-electron chi connectivity index (χ0n) is 11.6. The minimum atomic E-state index is -0.0713. The van der Waals surface area contributed by atoms with E-state index in [2.05, 4.69) is 11.1 Å². The van der Waals surface area contributed by atoms with E-state index >= 15 is 0 Å². The van der Waals surface area contributed by atoms with E-state index in [0.29, 0.717) is 27.4 Å². The Hall–Kier alpha value is -2.12. The van der Waals surface area contributed by atoms with Crippen LogP contribution in [0.4, 0.5) is 0 Å². The summed E-state index contributed by atoms with van der Waals surface area (Å²) >= 11 is 1.42. The third-order valence-corrected chi connectivity index (χ3v) is 3.75. The second-order valence-corrected chi connectivity index (χ2v) is 5.16. The van der Waals surface area contributed by atoms with Crippen molar-refractivity contribution in [1.29, 1.82) is 5.26 Å². The van der Waals surface area contributed by atoms with E-state index in [1.807, 2.05) is 43.5 Å². The van der Waals surface area contributed by atoms with Crippen LogP contribution in [-0.2, 0) is 0 Å². The van der Waals surface area contributed by atoms with Crippen molar-refractivity contribution in [3.63, 3.8) is 0 Å². The van der Waals surface area contributed by atoms with Gasteiger partial charge in [0.15, 0.2) is 5.78 Å². The van der Waals surface area contributed by atoms with Crippen LogP contribution in [0.5, 0.6) is 0 Å². The van der Waals surface area contributed by atoms with Crippen LogP contribution < -0.4 is 0 Å². The van der Waals surface area contributed by atoms with Crippen molar-refractivity contribution in [2.75, 3.05) is 6.26 Å². The molecule has 1 heterocycles. The van der Waals surface area contributed by atoms with Crippen molar-refractivity contribution in [2.24, 2.45) is 0 Å². The molecule has 0 atom stereocenters. The molecule has 0 bridgehead atoms. The molecule has 0 N–H and O–H groups in total. The second-order valence-electron chi connectivity index (χ2n) is 4.37. The Morgan fingerprint density at radius 1 is 1.30 bits per heavy atom. The van der Waals surface area contributed by atoms with Crippen LogP contribution in [0.25, 0.3) is 11.1 Å². The van der Waals surface area contributed by atoms with Crippen LogP contribution in [0.15, 0.2) is 35.4 Å². The summed E-state index contributed by atoms with van der Waals surface area (Å²) in [4.78, 5) is 16.4. The summed E-state index contributed by atoms with van der Waals surface area (Å²) in [5.74, 6) is -0.0713. The van der Waals surface area contributed by atoms with Gasteiger partial charge in [0, 0.05) is 11.1 Å². The molecule has 1 aromatic carbocycles. The van der Waals surface area contributed by atoms with Crippen LogP contribution in [0.3, 0.4) is 0 Å². The average molecular weight is 282 g/mol. The smallest absolute Gasteiger partial charge is 0.162 e. The fraction of sp³-hybridized carbons (Fsp3) is 0.188. The maximum absolute atomic E-state index is 12.0. The van der Waals surface area contributed by atoms with E-state index in [-0.39, 0.29) is 5.78 Å². The first-order chi connectivity index (χ1) is 9.60. The third kappa shape index (κ3) is 2.45. The van der Waals surface area contributed by atoms with Gasteiger partial charge in [-0.3, -0.25) is 4.79 Å². The summed E-state index contributed by atoms with van der Waals surface area (Å²) in [6, 6.07) is 11.7. The summed E-state index contributed by atoms with van der Waals surface area (Å²) < 4.78 is 0. The highest BCUT2D eigenvalue weighted by Crippen LogP contribution is 2.34. The number of aryl methyl sites for hydroxylation is 1. The molecule has 0 saturated carbocycles. The fourth-order valence-electron chi connectivity index (χ4n) is 2.25. The Morgan fingerprint density at radius 2 is 1.95 bits per heavy atom. The topological polar surface area (TPSA) is 53.8 Å². The molecule has 100 valence electrons. The quantitative estimate of drug-likeness (QED) is 0.633. The van der Waals surface area contributed by atoms with Crippen LogP contribution in [0, 0.1) is 18.3 Å².